The van der Waals surface area contributed by atoms with Crippen LogP contribution >= 0.6 is 0 Å². The van der Waals surface area contributed by atoms with Crippen molar-refractivity contribution >= 4 is 17.6 Å². The van der Waals surface area contributed by atoms with Gasteiger partial charge in [0.25, 0.3) is 0 Å². The monoisotopic (exact) mass is 226 g/mol. The Balaban J connectivity index is 3.12. The van der Waals surface area contributed by atoms with Crippen molar-refractivity contribution in [1.29, 1.82) is 0 Å². The van der Waals surface area contributed by atoms with Gasteiger partial charge in [-0.05, 0) is 18.2 Å². The van der Waals surface area contributed by atoms with Crippen LogP contribution in [0, 0.1) is 5.82 Å². The number of carboxylic acid groups (broad SMARTS) is 1. The van der Waals surface area contributed by atoms with Crippen molar-refractivity contribution in [3.05, 3.63) is 29.6 Å². The molecule has 1 aromatic carbocycles. The second-order valence-electron chi connectivity index (χ2n) is 3.29. The van der Waals surface area contributed by atoms with Crippen LogP contribution in [-0.2, 0) is 4.79 Å². The normalized spacial score (nSPS) is 9.88. The lowest BCUT2D eigenvalue weighted by molar-refractivity contribution is -0.116. The van der Waals surface area contributed by atoms with Crippen molar-refractivity contribution < 1.29 is 19.1 Å². The van der Waals surface area contributed by atoms with E-state index < -0.39 is 17.7 Å². The van der Waals surface area contributed by atoms with E-state index >= 15 is 0 Å². The number of carboxylic acids is 1. The molecular formula is C10H11FN2O3. The van der Waals surface area contributed by atoms with Crippen LogP contribution in [0.3, 0.4) is 0 Å². The molecule has 0 saturated carbocycles. The third kappa shape index (κ3) is 2.69. The van der Waals surface area contributed by atoms with Crippen molar-refractivity contribution in [1.82, 2.24) is 0 Å². The summed E-state index contributed by atoms with van der Waals surface area (Å²) in [6, 6.07) is 3.32. The molecule has 0 aliphatic rings. The van der Waals surface area contributed by atoms with Gasteiger partial charge in [-0.15, -0.1) is 0 Å². The lowest BCUT2D eigenvalue weighted by atomic mass is 10.1. The first-order chi connectivity index (χ1) is 7.41. The number of anilines is 1. The highest BCUT2D eigenvalue weighted by molar-refractivity contribution is 5.95. The maximum absolute atomic E-state index is 12.9. The number of nitrogens with two attached hydrogens (primary N) is 1. The number of primary amides is 1. The molecule has 0 spiro atoms. The van der Waals surface area contributed by atoms with Gasteiger partial charge in [-0.3, -0.25) is 4.79 Å². The fraction of sp³-hybridized carbons (Fsp3) is 0.200. The Bertz CT molecular complexity index is 434. The van der Waals surface area contributed by atoms with Gasteiger partial charge in [-0.1, -0.05) is 0 Å². The summed E-state index contributed by atoms with van der Waals surface area (Å²) in [5.41, 5.74) is 5.02. The Morgan fingerprint density at radius 2 is 2.12 bits per heavy atom. The molecule has 0 aliphatic carbocycles. The molecule has 0 saturated heterocycles. The number of benzene rings is 1. The summed E-state index contributed by atoms with van der Waals surface area (Å²) in [5, 5.41) is 8.86. The standard InChI is InChI=1S/C10H11FN2O3/c1-13(5-9(12)14)8-3-2-6(11)4-7(8)10(15)16/h2-4H,5H2,1H3,(H2,12,14)(H,15,16). The van der Waals surface area contributed by atoms with Gasteiger partial charge < -0.3 is 15.7 Å². The van der Waals surface area contributed by atoms with E-state index in [2.05, 4.69) is 0 Å². The Labute approximate surface area is 91.3 Å². The Morgan fingerprint density at radius 1 is 1.50 bits per heavy atom. The second kappa shape index (κ2) is 4.61. The summed E-state index contributed by atoms with van der Waals surface area (Å²) in [5.74, 6) is -2.50. The molecule has 0 aromatic heterocycles. The first kappa shape index (κ1) is 12.0. The fourth-order valence-electron chi connectivity index (χ4n) is 1.33. The smallest absolute Gasteiger partial charge is 0.337 e. The third-order valence-electron chi connectivity index (χ3n) is 1.99. The van der Waals surface area contributed by atoms with E-state index in [0.717, 1.165) is 12.1 Å². The largest absolute Gasteiger partial charge is 0.478 e. The number of hydrogen-bond acceptors (Lipinski definition) is 3. The van der Waals surface area contributed by atoms with E-state index in [9.17, 15) is 14.0 Å². The van der Waals surface area contributed by atoms with Crippen molar-refractivity contribution in [2.45, 2.75) is 0 Å². The molecule has 5 nitrogen and oxygen atoms in total. The molecule has 0 fully saturated rings. The molecule has 0 heterocycles. The number of halogens is 1. The molecule has 86 valence electrons. The maximum atomic E-state index is 12.9. The maximum Gasteiger partial charge on any atom is 0.337 e. The summed E-state index contributed by atoms with van der Waals surface area (Å²) >= 11 is 0. The molecular weight excluding hydrogens is 215 g/mol. The zero-order chi connectivity index (χ0) is 12.3. The minimum Gasteiger partial charge on any atom is -0.478 e. The average molecular weight is 226 g/mol. The van der Waals surface area contributed by atoms with E-state index in [4.69, 9.17) is 10.8 Å². The average Bonchev–Trinajstić information content (AvgIpc) is 2.16. The molecule has 0 aliphatic heterocycles. The number of rotatable bonds is 4. The number of carbonyl (C=O) groups excluding carboxylic acids is 1. The van der Waals surface area contributed by atoms with Crippen LogP contribution in [0.4, 0.5) is 10.1 Å². The number of likely N-dealkylation sites (N-methyl/N-ethyl adjacent to an activating group) is 1. The predicted octanol–water partition coefficient (Wildman–Crippen LogP) is 0.445. The Morgan fingerprint density at radius 3 is 2.62 bits per heavy atom. The number of aromatic carboxylic acids is 1. The van der Waals surface area contributed by atoms with Crippen molar-refractivity contribution in [2.24, 2.45) is 5.73 Å². The summed E-state index contributed by atoms with van der Waals surface area (Å²) in [6.45, 7) is -0.133. The first-order valence-electron chi connectivity index (χ1n) is 4.44. The van der Waals surface area contributed by atoms with Crippen molar-refractivity contribution in [3.8, 4) is 0 Å². The van der Waals surface area contributed by atoms with Crippen LogP contribution in [-0.4, -0.2) is 30.6 Å². The zero-order valence-corrected chi connectivity index (χ0v) is 8.61. The predicted molar refractivity (Wildman–Crippen MR) is 55.8 cm³/mol. The number of hydrogen-bond donors (Lipinski definition) is 2. The van der Waals surface area contributed by atoms with Crippen molar-refractivity contribution in [3.63, 3.8) is 0 Å². The molecule has 0 bridgehead atoms. The topological polar surface area (TPSA) is 83.6 Å². The molecule has 1 amide bonds. The fourth-order valence-corrected chi connectivity index (χ4v) is 1.33. The molecule has 0 radical (unpaired) electrons. The van der Waals surface area contributed by atoms with Crippen LogP contribution in [0.5, 0.6) is 0 Å². The number of amides is 1. The molecule has 0 unspecified atom stereocenters. The minimum atomic E-state index is -1.26. The van der Waals surface area contributed by atoms with E-state index in [1.165, 1.54) is 18.0 Å². The Hall–Kier alpha value is -2.11. The highest BCUT2D eigenvalue weighted by atomic mass is 19.1. The highest BCUT2D eigenvalue weighted by Crippen LogP contribution is 2.20. The van der Waals surface area contributed by atoms with E-state index in [-0.39, 0.29) is 17.8 Å². The van der Waals surface area contributed by atoms with Gasteiger partial charge in [0, 0.05) is 7.05 Å². The quantitative estimate of drug-likeness (QED) is 0.780. The van der Waals surface area contributed by atoms with Gasteiger partial charge in [0.05, 0.1) is 17.8 Å². The van der Waals surface area contributed by atoms with Gasteiger partial charge in [0.1, 0.15) is 5.82 Å². The van der Waals surface area contributed by atoms with Gasteiger partial charge in [0.2, 0.25) is 5.91 Å². The van der Waals surface area contributed by atoms with E-state index in [1.807, 2.05) is 0 Å². The molecule has 0 atom stereocenters. The molecule has 3 N–H and O–H groups in total. The zero-order valence-electron chi connectivity index (χ0n) is 8.61. The molecule has 1 aromatic rings. The highest BCUT2D eigenvalue weighted by Gasteiger charge is 2.15. The van der Waals surface area contributed by atoms with Crippen LogP contribution in [0.25, 0.3) is 0 Å². The second-order valence-corrected chi connectivity index (χ2v) is 3.29. The van der Waals surface area contributed by atoms with Gasteiger partial charge in [-0.25, -0.2) is 9.18 Å². The Kier molecular flexibility index (Phi) is 3.44. The van der Waals surface area contributed by atoms with Crippen LogP contribution < -0.4 is 10.6 Å². The number of carbonyl (C=O) groups is 2. The summed E-state index contributed by atoms with van der Waals surface area (Å²) < 4.78 is 12.9. The van der Waals surface area contributed by atoms with E-state index in [1.54, 1.807) is 0 Å². The van der Waals surface area contributed by atoms with Crippen LogP contribution in [0.15, 0.2) is 18.2 Å². The molecule has 6 heteroatoms. The van der Waals surface area contributed by atoms with Crippen LogP contribution in [0.2, 0.25) is 0 Å². The minimum absolute atomic E-state index is 0.133. The summed E-state index contributed by atoms with van der Waals surface area (Å²) in [7, 11) is 1.50. The molecule has 16 heavy (non-hydrogen) atoms. The first-order valence-corrected chi connectivity index (χ1v) is 4.44. The van der Waals surface area contributed by atoms with E-state index in [0.29, 0.717) is 0 Å². The van der Waals surface area contributed by atoms with Gasteiger partial charge in [-0.2, -0.15) is 0 Å². The lowest BCUT2D eigenvalue weighted by Gasteiger charge is -2.19. The third-order valence-corrected chi connectivity index (χ3v) is 1.99. The number of nitrogens with zero attached hydrogens (tertiary/aromatic N) is 1. The summed E-state index contributed by atoms with van der Waals surface area (Å²) in [4.78, 5) is 22.9. The lowest BCUT2D eigenvalue weighted by Crippen LogP contribution is -2.31. The molecule has 1 rings (SSSR count). The summed E-state index contributed by atoms with van der Waals surface area (Å²) in [6.07, 6.45) is 0. The van der Waals surface area contributed by atoms with Gasteiger partial charge in [0.15, 0.2) is 0 Å². The van der Waals surface area contributed by atoms with Crippen LogP contribution in [0.1, 0.15) is 10.4 Å². The SMILES string of the molecule is CN(CC(N)=O)c1ccc(F)cc1C(=O)O. The van der Waals surface area contributed by atoms with Crippen molar-refractivity contribution in [2.75, 3.05) is 18.5 Å². The van der Waals surface area contributed by atoms with Gasteiger partial charge >= 0.3 is 5.97 Å².